The van der Waals surface area contributed by atoms with Crippen molar-refractivity contribution in [3.05, 3.63) is 35.7 Å². The van der Waals surface area contributed by atoms with Gasteiger partial charge in [0.1, 0.15) is 18.0 Å². The Morgan fingerprint density at radius 1 is 1.24 bits per heavy atom. The number of rotatable bonds is 4. The molecule has 3 rings (SSSR count). The van der Waals surface area contributed by atoms with Crippen molar-refractivity contribution in [2.45, 2.75) is 32.5 Å². The first kappa shape index (κ1) is 22.4. The molecule has 0 aliphatic rings. The number of carbonyl (C=O) groups excluding carboxylic acids is 1. The molecule has 3 heterocycles. The largest absolute Gasteiger partial charge is 0.405 e. The van der Waals surface area contributed by atoms with E-state index >= 15 is 0 Å². The lowest BCUT2D eigenvalue weighted by Gasteiger charge is -2.21. The minimum atomic E-state index is -4.29. The van der Waals surface area contributed by atoms with E-state index in [2.05, 4.69) is 46.0 Å². The van der Waals surface area contributed by atoms with E-state index in [9.17, 15) is 18.0 Å². The first-order valence-corrected chi connectivity index (χ1v) is 8.84. The molecular weight excluding hydrogens is 409 g/mol. The molecule has 156 valence electrons. The normalized spacial score (nSPS) is 11.6. The molecule has 0 bridgehead atoms. The highest BCUT2D eigenvalue weighted by molar-refractivity contribution is 6.31. The van der Waals surface area contributed by atoms with Crippen LogP contribution in [0.5, 0.6) is 0 Å². The predicted molar refractivity (Wildman–Crippen MR) is 106 cm³/mol. The molecular formula is C18H20ClF3N6O. The number of hydrogen-bond acceptors (Lipinski definition) is 5. The molecule has 3 aromatic heterocycles. The van der Waals surface area contributed by atoms with Crippen LogP contribution in [-0.2, 0) is 4.79 Å². The van der Waals surface area contributed by atoms with Gasteiger partial charge < -0.3 is 15.6 Å². The molecule has 1 amide bonds. The van der Waals surface area contributed by atoms with Crippen LogP contribution >= 0.6 is 11.6 Å². The highest BCUT2D eigenvalue weighted by Crippen LogP contribution is 2.27. The van der Waals surface area contributed by atoms with Crippen LogP contribution < -0.4 is 10.6 Å². The van der Waals surface area contributed by atoms with Gasteiger partial charge in [-0.05, 0) is 32.9 Å². The molecule has 0 aromatic carbocycles. The van der Waals surface area contributed by atoms with Gasteiger partial charge in [0.15, 0.2) is 5.82 Å². The lowest BCUT2D eigenvalue weighted by atomic mass is 10.1. The van der Waals surface area contributed by atoms with Crippen LogP contribution in [0.4, 0.5) is 19.0 Å². The van der Waals surface area contributed by atoms with Crippen molar-refractivity contribution in [2.75, 3.05) is 11.9 Å². The maximum absolute atomic E-state index is 11.0. The van der Waals surface area contributed by atoms with Gasteiger partial charge in [0, 0.05) is 35.1 Å². The van der Waals surface area contributed by atoms with Gasteiger partial charge in [-0.1, -0.05) is 11.6 Å². The molecule has 0 radical (unpaired) electrons. The third-order valence-corrected chi connectivity index (χ3v) is 3.49. The quantitative estimate of drug-likeness (QED) is 0.542. The number of nitrogens with one attached hydrogen (secondary N) is 3. The molecule has 0 saturated heterocycles. The smallest absolute Gasteiger partial charge is 0.365 e. The van der Waals surface area contributed by atoms with Crippen molar-refractivity contribution < 1.29 is 18.0 Å². The predicted octanol–water partition coefficient (Wildman–Crippen LogP) is 4.18. The Kier molecular flexibility index (Phi) is 7.02. The Morgan fingerprint density at radius 3 is 2.55 bits per heavy atom. The lowest BCUT2D eigenvalue weighted by Crippen LogP contribution is -2.27. The summed E-state index contributed by atoms with van der Waals surface area (Å²) in [6.07, 6.45) is 0.925. The Hall–Kier alpha value is -2.88. The van der Waals surface area contributed by atoms with Gasteiger partial charge in [-0.3, -0.25) is 4.79 Å². The molecule has 0 saturated carbocycles. The van der Waals surface area contributed by atoms with Gasteiger partial charge in [-0.15, -0.1) is 0 Å². The van der Waals surface area contributed by atoms with Crippen LogP contribution in [0.15, 0.2) is 30.7 Å². The second-order valence-corrected chi connectivity index (χ2v) is 7.44. The summed E-state index contributed by atoms with van der Waals surface area (Å²) in [5.74, 6) is 1.43. The van der Waals surface area contributed by atoms with Gasteiger partial charge in [-0.25, -0.2) is 15.0 Å². The van der Waals surface area contributed by atoms with E-state index in [0.717, 1.165) is 22.4 Å². The number of H-pyrrole nitrogens is 1. The Bertz CT molecular complexity index is 968. The second-order valence-electron chi connectivity index (χ2n) is 7.01. The number of amides is 1. The molecule has 0 aliphatic carbocycles. The van der Waals surface area contributed by atoms with Crippen LogP contribution in [0.25, 0.3) is 22.4 Å². The zero-order valence-electron chi connectivity index (χ0n) is 15.9. The van der Waals surface area contributed by atoms with Crippen molar-refractivity contribution >= 4 is 34.9 Å². The maximum Gasteiger partial charge on any atom is 0.405 e. The average molecular weight is 429 g/mol. The highest BCUT2D eigenvalue weighted by atomic mass is 35.5. The van der Waals surface area contributed by atoms with E-state index in [4.69, 9.17) is 11.6 Å². The summed E-state index contributed by atoms with van der Waals surface area (Å²) in [6.45, 7) is 5.01. The van der Waals surface area contributed by atoms with E-state index in [1.165, 1.54) is 5.32 Å². The minimum Gasteiger partial charge on any atom is -0.365 e. The third kappa shape index (κ3) is 7.22. The monoisotopic (exact) mass is 428 g/mol. The summed E-state index contributed by atoms with van der Waals surface area (Å²) in [5, 5.41) is 6.33. The van der Waals surface area contributed by atoms with Crippen molar-refractivity contribution in [1.82, 2.24) is 25.3 Å². The molecule has 11 heteroatoms. The molecule has 3 N–H and O–H groups in total. The zero-order valence-corrected chi connectivity index (χ0v) is 16.7. The number of hydrogen-bond donors (Lipinski definition) is 3. The van der Waals surface area contributed by atoms with Gasteiger partial charge in [0.25, 0.3) is 0 Å². The molecule has 0 spiro atoms. The van der Waals surface area contributed by atoms with Crippen LogP contribution in [0.1, 0.15) is 20.8 Å². The molecule has 0 aliphatic heterocycles. The van der Waals surface area contributed by atoms with Crippen LogP contribution in [0.2, 0.25) is 5.02 Å². The number of halogens is 4. The standard InChI is InChI=1S/C15H16ClN5.C3H4F3NO/c1-15(2,3)21-12-4-5-17-14(20-12)11-8-19-13-10(11)6-9(16)7-18-13;4-3(5,6)1-7-2-8/h4-8H,1-3H3,(H,18,19)(H,17,20,21);2H,1H2,(H,7,8). The molecule has 3 aromatic rings. The number of aromatic amines is 1. The Morgan fingerprint density at radius 2 is 1.97 bits per heavy atom. The number of anilines is 1. The highest BCUT2D eigenvalue weighted by Gasteiger charge is 2.25. The van der Waals surface area contributed by atoms with E-state index in [-0.39, 0.29) is 11.9 Å². The van der Waals surface area contributed by atoms with Gasteiger partial charge in [0.05, 0.1) is 5.02 Å². The zero-order chi connectivity index (χ0) is 21.7. The fraction of sp³-hybridized carbons (Fsp3) is 0.333. The van der Waals surface area contributed by atoms with Gasteiger partial charge in [0.2, 0.25) is 6.41 Å². The van der Waals surface area contributed by atoms with Crippen molar-refractivity contribution in [1.29, 1.82) is 0 Å². The fourth-order valence-electron chi connectivity index (χ4n) is 2.26. The summed E-state index contributed by atoms with van der Waals surface area (Å²) in [6, 6.07) is 3.72. The summed E-state index contributed by atoms with van der Waals surface area (Å²) < 4.78 is 33.1. The van der Waals surface area contributed by atoms with Crippen molar-refractivity contribution in [3.8, 4) is 11.4 Å². The average Bonchev–Trinajstić information content (AvgIpc) is 3.01. The number of aromatic nitrogens is 4. The minimum absolute atomic E-state index is 0.00743. The Balaban J connectivity index is 0.000000321. The van der Waals surface area contributed by atoms with Gasteiger partial charge >= 0.3 is 6.18 Å². The van der Waals surface area contributed by atoms with Crippen LogP contribution in [-0.4, -0.2) is 44.6 Å². The Labute approximate surface area is 170 Å². The third-order valence-electron chi connectivity index (χ3n) is 3.28. The lowest BCUT2D eigenvalue weighted by molar-refractivity contribution is -0.132. The maximum atomic E-state index is 11.0. The molecule has 7 nitrogen and oxygen atoms in total. The number of alkyl halides is 3. The first-order chi connectivity index (χ1) is 13.5. The van der Waals surface area contributed by atoms with Crippen LogP contribution in [0.3, 0.4) is 0 Å². The fourth-order valence-corrected chi connectivity index (χ4v) is 2.42. The van der Waals surface area contributed by atoms with E-state index in [1.807, 2.05) is 18.3 Å². The molecule has 0 atom stereocenters. The number of carbonyl (C=O) groups is 1. The van der Waals surface area contributed by atoms with Crippen LogP contribution in [0, 0.1) is 0 Å². The second kappa shape index (κ2) is 9.08. The summed E-state index contributed by atoms with van der Waals surface area (Å²) in [5.41, 5.74) is 1.60. The van der Waals surface area contributed by atoms with Crippen molar-refractivity contribution in [3.63, 3.8) is 0 Å². The van der Waals surface area contributed by atoms with Crippen molar-refractivity contribution in [2.24, 2.45) is 0 Å². The first-order valence-electron chi connectivity index (χ1n) is 8.46. The summed E-state index contributed by atoms with van der Waals surface area (Å²) in [7, 11) is 0. The number of nitrogens with zero attached hydrogens (tertiary/aromatic N) is 3. The molecule has 0 unspecified atom stereocenters. The summed E-state index contributed by atoms with van der Waals surface area (Å²) >= 11 is 6.02. The van der Waals surface area contributed by atoms with E-state index in [0.29, 0.717) is 10.8 Å². The van der Waals surface area contributed by atoms with E-state index < -0.39 is 12.7 Å². The number of fused-ring (bicyclic) bond motifs is 1. The molecule has 0 fully saturated rings. The molecule has 29 heavy (non-hydrogen) atoms. The summed E-state index contributed by atoms with van der Waals surface area (Å²) in [4.78, 5) is 25.5. The van der Waals surface area contributed by atoms with Gasteiger partial charge in [-0.2, -0.15) is 13.2 Å². The SMILES string of the molecule is CC(C)(C)Nc1ccnc(-c2c[nH]c3ncc(Cl)cc23)n1.O=CNCC(F)(F)F. The van der Waals surface area contributed by atoms with E-state index in [1.54, 1.807) is 12.4 Å². The topological polar surface area (TPSA) is 95.6 Å². The number of pyridine rings is 1.